The van der Waals surface area contributed by atoms with E-state index in [2.05, 4.69) is 5.32 Å². The van der Waals surface area contributed by atoms with Crippen LogP contribution in [0.15, 0.2) is 42.5 Å². The van der Waals surface area contributed by atoms with Gasteiger partial charge in [-0.2, -0.15) is 0 Å². The molecular formula is C17H16Cl2N2O3. The molecule has 0 aromatic heterocycles. The summed E-state index contributed by atoms with van der Waals surface area (Å²) in [5.74, 6) is -0.106. The van der Waals surface area contributed by atoms with Gasteiger partial charge in [-0.05, 0) is 36.4 Å². The van der Waals surface area contributed by atoms with Gasteiger partial charge in [0.1, 0.15) is 12.3 Å². The van der Waals surface area contributed by atoms with Crippen molar-refractivity contribution < 1.29 is 14.3 Å². The molecular weight excluding hydrogens is 351 g/mol. The monoisotopic (exact) mass is 366 g/mol. The fourth-order valence-corrected chi connectivity index (χ4v) is 2.56. The van der Waals surface area contributed by atoms with Gasteiger partial charge in [0.25, 0.3) is 0 Å². The zero-order valence-electron chi connectivity index (χ0n) is 13.2. The predicted molar refractivity (Wildman–Crippen MR) is 96.1 cm³/mol. The molecule has 2 rings (SSSR count). The summed E-state index contributed by atoms with van der Waals surface area (Å²) in [7, 11) is 1.51. The van der Waals surface area contributed by atoms with Crippen LogP contribution in [0.25, 0.3) is 0 Å². The second-order valence-electron chi connectivity index (χ2n) is 4.98. The molecule has 5 nitrogen and oxygen atoms in total. The number of hydrogen-bond donors (Lipinski definition) is 1. The second kappa shape index (κ2) is 8.04. The molecule has 126 valence electrons. The molecule has 0 aliphatic heterocycles. The smallest absolute Gasteiger partial charge is 0.244 e. The van der Waals surface area contributed by atoms with Crippen LogP contribution in [-0.4, -0.2) is 25.5 Å². The quantitative estimate of drug-likeness (QED) is 0.869. The molecule has 0 heterocycles. The lowest BCUT2D eigenvalue weighted by molar-refractivity contribution is -0.120. The van der Waals surface area contributed by atoms with E-state index in [0.717, 1.165) is 0 Å². The highest BCUT2D eigenvalue weighted by molar-refractivity contribution is 6.32. The summed E-state index contributed by atoms with van der Waals surface area (Å²) in [4.78, 5) is 25.4. The number of ether oxygens (including phenoxy) is 1. The largest absolute Gasteiger partial charge is 0.495 e. The molecule has 2 aromatic carbocycles. The number of nitrogens with one attached hydrogen (secondary N) is 1. The molecule has 2 amide bonds. The summed E-state index contributed by atoms with van der Waals surface area (Å²) in [5.41, 5.74) is 1.07. The third-order valence-electron chi connectivity index (χ3n) is 3.24. The molecule has 0 bridgehead atoms. The van der Waals surface area contributed by atoms with Crippen molar-refractivity contribution in [2.24, 2.45) is 0 Å². The highest BCUT2D eigenvalue weighted by Crippen LogP contribution is 2.27. The second-order valence-corrected chi connectivity index (χ2v) is 5.83. The molecule has 0 aliphatic carbocycles. The first-order chi connectivity index (χ1) is 11.4. The number of nitrogens with zero attached hydrogens (tertiary/aromatic N) is 1. The molecule has 0 aliphatic rings. The van der Waals surface area contributed by atoms with Gasteiger partial charge >= 0.3 is 0 Å². The molecule has 0 radical (unpaired) electrons. The molecule has 0 atom stereocenters. The van der Waals surface area contributed by atoms with Gasteiger partial charge in [0.2, 0.25) is 11.8 Å². The lowest BCUT2D eigenvalue weighted by atomic mass is 10.2. The molecule has 7 heteroatoms. The van der Waals surface area contributed by atoms with Crippen LogP contribution in [0.4, 0.5) is 11.4 Å². The van der Waals surface area contributed by atoms with Crippen molar-refractivity contribution in [3.8, 4) is 5.75 Å². The molecule has 2 aromatic rings. The van der Waals surface area contributed by atoms with E-state index < -0.39 is 0 Å². The fraction of sp³-hybridized carbons (Fsp3) is 0.176. The van der Waals surface area contributed by atoms with Crippen LogP contribution in [0, 0.1) is 0 Å². The van der Waals surface area contributed by atoms with Gasteiger partial charge in [-0.1, -0.05) is 29.3 Å². The first-order valence-corrected chi connectivity index (χ1v) is 7.83. The van der Waals surface area contributed by atoms with Crippen molar-refractivity contribution in [1.82, 2.24) is 0 Å². The number of benzene rings is 2. The average molecular weight is 367 g/mol. The van der Waals surface area contributed by atoms with Gasteiger partial charge in [0, 0.05) is 23.3 Å². The number of carbonyl (C=O) groups excluding carboxylic acids is 2. The van der Waals surface area contributed by atoms with Gasteiger partial charge in [-0.25, -0.2) is 0 Å². The number of carbonyl (C=O) groups is 2. The van der Waals surface area contributed by atoms with Gasteiger partial charge in [0.05, 0.1) is 12.1 Å². The highest BCUT2D eigenvalue weighted by atomic mass is 35.5. The van der Waals surface area contributed by atoms with Crippen LogP contribution in [-0.2, 0) is 9.59 Å². The summed E-state index contributed by atoms with van der Waals surface area (Å²) in [6.45, 7) is 1.25. The third-order valence-corrected chi connectivity index (χ3v) is 3.77. The van der Waals surface area contributed by atoms with E-state index in [1.807, 2.05) is 0 Å². The van der Waals surface area contributed by atoms with Crippen molar-refractivity contribution in [2.45, 2.75) is 6.92 Å². The van der Waals surface area contributed by atoms with Crippen LogP contribution < -0.4 is 15.0 Å². The maximum Gasteiger partial charge on any atom is 0.244 e. The lowest BCUT2D eigenvalue weighted by Gasteiger charge is -2.21. The molecule has 1 N–H and O–H groups in total. The maximum absolute atomic E-state index is 12.2. The Morgan fingerprint density at radius 2 is 1.92 bits per heavy atom. The Hall–Kier alpha value is -2.24. The van der Waals surface area contributed by atoms with Gasteiger partial charge < -0.3 is 15.0 Å². The predicted octanol–water partition coefficient (Wildman–Crippen LogP) is 3.99. The van der Waals surface area contributed by atoms with Crippen molar-refractivity contribution in [3.63, 3.8) is 0 Å². The van der Waals surface area contributed by atoms with E-state index in [9.17, 15) is 9.59 Å². The summed E-state index contributed by atoms with van der Waals surface area (Å²) >= 11 is 12.0. The van der Waals surface area contributed by atoms with Crippen LogP contribution in [0.1, 0.15) is 6.92 Å². The molecule has 0 saturated carbocycles. The number of amides is 2. The van der Waals surface area contributed by atoms with E-state index in [-0.39, 0.29) is 18.4 Å². The Bertz CT molecular complexity index is 765. The molecule has 0 unspecified atom stereocenters. The lowest BCUT2D eigenvalue weighted by Crippen LogP contribution is -2.36. The SMILES string of the molecule is COc1ccc(NC(=O)CN(C(C)=O)c2cccc(Cl)c2)cc1Cl. The number of anilines is 2. The molecule has 0 fully saturated rings. The van der Waals surface area contributed by atoms with Crippen LogP contribution in [0.2, 0.25) is 10.0 Å². The van der Waals surface area contributed by atoms with E-state index >= 15 is 0 Å². The number of halogens is 2. The minimum Gasteiger partial charge on any atom is -0.495 e. The Morgan fingerprint density at radius 1 is 1.17 bits per heavy atom. The average Bonchev–Trinajstić information content (AvgIpc) is 2.52. The van der Waals surface area contributed by atoms with E-state index in [1.165, 1.54) is 18.9 Å². The molecule has 0 spiro atoms. The molecule has 0 saturated heterocycles. The Labute approximate surface area is 150 Å². The zero-order chi connectivity index (χ0) is 17.7. The Morgan fingerprint density at radius 3 is 2.50 bits per heavy atom. The van der Waals surface area contributed by atoms with E-state index in [0.29, 0.717) is 27.2 Å². The number of rotatable bonds is 5. The number of methoxy groups -OCH3 is 1. The van der Waals surface area contributed by atoms with Crippen molar-refractivity contribution >= 4 is 46.4 Å². The first-order valence-electron chi connectivity index (χ1n) is 7.07. The van der Waals surface area contributed by atoms with Gasteiger partial charge in [0.15, 0.2) is 0 Å². The van der Waals surface area contributed by atoms with E-state index in [4.69, 9.17) is 27.9 Å². The fourth-order valence-electron chi connectivity index (χ4n) is 2.12. The minimum absolute atomic E-state index is 0.140. The summed E-state index contributed by atoms with van der Waals surface area (Å²) in [6, 6.07) is 11.6. The first kappa shape index (κ1) is 18.1. The zero-order valence-corrected chi connectivity index (χ0v) is 14.7. The van der Waals surface area contributed by atoms with Crippen LogP contribution in [0.3, 0.4) is 0 Å². The number of hydrogen-bond acceptors (Lipinski definition) is 3. The maximum atomic E-state index is 12.2. The van der Waals surface area contributed by atoms with Gasteiger partial charge in [-0.15, -0.1) is 0 Å². The minimum atomic E-state index is -0.355. The van der Waals surface area contributed by atoms with Gasteiger partial charge in [-0.3, -0.25) is 9.59 Å². The van der Waals surface area contributed by atoms with Crippen LogP contribution >= 0.6 is 23.2 Å². The topological polar surface area (TPSA) is 58.6 Å². The normalized spacial score (nSPS) is 10.2. The van der Waals surface area contributed by atoms with Crippen molar-refractivity contribution in [1.29, 1.82) is 0 Å². The van der Waals surface area contributed by atoms with Crippen molar-refractivity contribution in [3.05, 3.63) is 52.5 Å². The summed E-state index contributed by atoms with van der Waals surface area (Å²) in [6.07, 6.45) is 0. The van der Waals surface area contributed by atoms with Crippen molar-refractivity contribution in [2.75, 3.05) is 23.9 Å². The summed E-state index contributed by atoms with van der Waals surface area (Å²) in [5, 5.41) is 3.57. The molecule has 24 heavy (non-hydrogen) atoms. The highest BCUT2D eigenvalue weighted by Gasteiger charge is 2.16. The van der Waals surface area contributed by atoms with E-state index in [1.54, 1.807) is 42.5 Å². The Kier molecular flexibility index (Phi) is 6.06. The summed E-state index contributed by atoms with van der Waals surface area (Å²) < 4.78 is 5.06. The third kappa shape index (κ3) is 4.63. The standard InChI is InChI=1S/C17H16Cl2N2O3/c1-11(22)21(14-5-3-4-12(18)8-14)10-17(23)20-13-6-7-16(24-2)15(19)9-13/h3-9H,10H2,1-2H3,(H,20,23). The van der Waals surface area contributed by atoms with Crippen LogP contribution in [0.5, 0.6) is 5.75 Å². The Balaban J connectivity index is 2.11.